The Morgan fingerprint density at radius 1 is 1.46 bits per heavy atom. The van der Waals surface area contributed by atoms with E-state index in [-0.39, 0.29) is 24.2 Å². The second-order valence-electron chi connectivity index (χ2n) is 5.72. The third-order valence-electron chi connectivity index (χ3n) is 3.98. The molecule has 2 aromatic rings. The molecule has 0 spiro atoms. The first-order valence-corrected chi connectivity index (χ1v) is 8.45. The number of benzene rings is 1. The minimum atomic E-state index is 0. The summed E-state index contributed by atoms with van der Waals surface area (Å²) in [6.45, 7) is 2.98. The van der Waals surface area contributed by atoms with Crippen molar-refractivity contribution in [1.29, 1.82) is 0 Å². The van der Waals surface area contributed by atoms with Crippen molar-refractivity contribution in [3.8, 4) is 17.1 Å². The van der Waals surface area contributed by atoms with Crippen LogP contribution in [0.15, 0.2) is 24.3 Å². The standard InChI is InChI=1S/C16H20N4O2S.ClH/c1-10-8-12(6-7-17-10)15(21)19-16-18-14(20-23-16)11-4-3-5-13(9-11)22-2;/h3-5,9-10,12,17H,6-8H2,1-2H3,(H,18,19,20,21);1H/t10-,12-;/m0./s1. The molecular weight excluding hydrogens is 348 g/mol. The summed E-state index contributed by atoms with van der Waals surface area (Å²) < 4.78 is 9.53. The van der Waals surface area contributed by atoms with Crippen LogP contribution in [0.1, 0.15) is 19.8 Å². The molecular formula is C16H21ClN4O2S. The molecule has 1 amide bonds. The minimum Gasteiger partial charge on any atom is -0.497 e. The van der Waals surface area contributed by atoms with E-state index in [9.17, 15) is 4.79 Å². The molecule has 0 unspecified atom stereocenters. The monoisotopic (exact) mass is 368 g/mol. The molecule has 8 heteroatoms. The first kappa shape index (κ1) is 18.6. The highest BCUT2D eigenvalue weighted by molar-refractivity contribution is 7.10. The van der Waals surface area contributed by atoms with Crippen LogP contribution in [0.4, 0.5) is 5.13 Å². The smallest absolute Gasteiger partial charge is 0.229 e. The van der Waals surface area contributed by atoms with Crippen molar-refractivity contribution < 1.29 is 9.53 Å². The zero-order chi connectivity index (χ0) is 16.2. The van der Waals surface area contributed by atoms with Gasteiger partial charge >= 0.3 is 0 Å². The average Bonchev–Trinajstić information content (AvgIpc) is 3.03. The molecule has 1 saturated heterocycles. The zero-order valence-corrected chi connectivity index (χ0v) is 15.2. The van der Waals surface area contributed by atoms with Crippen LogP contribution < -0.4 is 15.4 Å². The van der Waals surface area contributed by atoms with Crippen LogP contribution in [0.2, 0.25) is 0 Å². The SMILES string of the molecule is COc1cccc(-c2nsc(NC(=O)[C@H]3CCN[C@@H](C)C3)n2)c1.Cl. The fourth-order valence-corrected chi connectivity index (χ4v) is 3.32. The molecule has 1 aromatic heterocycles. The van der Waals surface area contributed by atoms with Gasteiger partial charge in [0.05, 0.1) is 7.11 Å². The lowest BCUT2D eigenvalue weighted by Crippen LogP contribution is -2.40. The van der Waals surface area contributed by atoms with E-state index in [0.29, 0.717) is 17.0 Å². The van der Waals surface area contributed by atoms with Crippen molar-refractivity contribution in [2.75, 3.05) is 19.0 Å². The molecule has 24 heavy (non-hydrogen) atoms. The highest BCUT2D eigenvalue weighted by Gasteiger charge is 2.25. The predicted molar refractivity (Wildman–Crippen MR) is 98.0 cm³/mol. The number of nitrogens with zero attached hydrogens (tertiary/aromatic N) is 2. The molecule has 2 N–H and O–H groups in total. The summed E-state index contributed by atoms with van der Waals surface area (Å²) >= 11 is 1.20. The maximum absolute atomic E-state index is 12.3. The number of hydrogen-bond acceptors (Lipinski definition) is 6. The number of halogens is 1. The van der Waals surface area contributed by atoms with Gasteiger partial charge in [0.1, 0.15) is 5.75 Å². The highest BCUT2D eigenvalue weighted by atomic mass is 35.5. The van der Waals surface area contributed by atoms with Crippen LogP contribution in [0.25, 0.3) is 11.4 Å². The molecule has 0 bridgehead atoms. The molecule has 3 rings (SSSR count). The van der Waals surface area contributed by atoms with Gasteiger partial charge in [-0.15, -0.1) is 12.4 Å². The molecule has 1 aromatic carbocycles. The molecule has 0 saturated carbocycles. The molecule has 130 valence electrons. The topological polar surface area (TPSA) is 76.1 Å². The van der Waals surface area contributed by atoms with Gasteiger partial charge in [-0.25, -0.2) is 0 Å². The highest BCUT2D eigenvalue weighted by Crippen LogP contribution is 2.25. The first-order chi connectivity index (χ1) is 11.2. The Labute approximate surface area is 151 Å². The van der Waals surface area contributed by atoms with Crippen molar-refractivity contribution in [3.63, 3.8) is 0 Å². The van der Waals surface area contributed by atoms with E-state index < -0.39 is 0 Å². The Morgan fingerprint density at radius 3 is 3.04 bits per heavy atom. The van der Waals surface area contributed by atoms with Gasteiger partial charge in [0.2, 0.25) is 11.0 Å². The molecule has 6 nitrogen and oxygen atoms in total. The maximum atomic E-state index is 12.3. The molecule has 0 aliphatic carbocycles. The Kier molecular flexibility index (Phi) is 6.53. The van der Waals surface area contributed by atoms with E-state index in [1.54, 1.807) is 7.11 Å². The van der Waals surface area contributed by atoms with Gasteiger partial charge in [-0.2, -0.15) is 9.36 Å². The van der Waals surface area contributed by atoms with Crippen LogP contribution in [0, 0.1) is 5.92 Å². The number of piperidine rings is 1. The summed E-state index contributed by atoms with van der Waals surface area (Å²) in [6.07, 6.45) is 1.71. The number of anilines is 1. The molecule has 1 aliphatic heterocycles. The van der Waals surface area contributed by atoms with Crippen molar-refractivity contribution >= 4 is 35.0 Å². The Morgan fingerprint density at radius 2 is 2.29 bits per heavy atom. The van der Waals surface area contributed by atoms with Crippen molar-refractivity contribution in [2.45, 2.75) is 25.8 Å². The van der Waals surface area contributed by atoms with Crippen molar-refractivity contribution in [3.05, 3.63) is 24.3 Å². The lowest BCUT2D eigenvalue weighted by atomic mass is 9.92. The van der Waals surface area contributed by atoms with E-state index in [4.69, 9.17) is 4.74 Å². The molecule has 2 atom stereocenters. The largest absolute Gasteiger partial charge is 0.497 e. The lowest BCUT2D eigenvalue weighted by Gasteiger charge is -2.26. The van der Waals surface area contributed by atoms with E-state index in [0.717, 1.165) is 30.7 Å². The number of methoxy groups -OCH3 is 1. The number of rotatable bonds is 4. The number of carbonyl (C=O) groups is 1. The third kappa shape index (κ3) is 4.43. The van der Waals surface area contributed by atoms with E-state index in [2.05, 4.69) is 26.9 Å². The maximum Gasteiger partial charge on any atom is 0.229 e. The van der Waals surface area contributed by atoms with Gasteiger partial charge in [0.15, 0.2) is 5.82 Å². The fraction of sp³-hybridized carbons (Fsp3) is 0.438. The van der Waals surface area contributed by atoms with Crippen LogP contribution >= 0.6 is 23.9 Å². The van der Waals surface area contributed by atoms with Crippen molar-refractivity contribution in [2.24, 2.45) is 5.92 Å². The number of hydrogen-bond donors (Lipinski definition) is 2. The molecule has 2 heterocycles. The van der Waals surface area contributed by atoms with E-state index in [1.807, 2.05) is 24.3 Å². The Balaban J connectivity index is 0.00000208. The van der Waals surface area contributed by atoms with Crippen molar-refractivity contribution in [1.82, 2.24) is 14.7 Å². The van der Waals surface area contributed by atoms with E-state index in [1.165, 1.54) is 11.5 Å². The molecule has 0 radical (unpaired) electrons. The zero-order valence-electron chi connectivity index (χ0n) is 13.6. The summed E-state index contributed by atoms with van der Waals surface area (Å²) in [4.78, 5) is 16.8. The number of nitrogens with one attached hydrogen (secondary N) is 2. The quantitative estimate of drug-likeness (QED) is 0.867. The Bertz CT molecular complexity index is 694. The van der Waals surface area contributed by atoms with Gasteiger partial charge in [0, 0.05) is 29.1 Å². The Hall–Kier alpha value is -1.70. The third-order valence-corrected chi connectivity index (χ3v) is 4.61. The molecule has 1 fully saturated rings. The second-order valence-corrected chi connectivity index (χ2v) is 6.47. The van der Waals surface area contributed by atoms with Crippen LogP contribution in [0.5, 0.6) is 5.75 Å². The molecule has 1 aliphatic rings. The number of ether oxygens (including phenoxy) is 1. The second kappa shape index (κ2) is 8.41. The van der Waals surface area contributed by atoms with Gasteiger partial charge in [-0.05, 0) is 38.4 Å². The summed E-state index contributed by atoms with van der Waals surface area (Å²) in [5.41, 5.74) is 0.872. The normalized spacial score (nSPS) is 20.1. The van der Waals surface area contributed by atoms with Gasteiger partial charge in [-0.3, -0.25) is 4.79 Å². The summed E-state index contributed by atoms with van der Waals surface area (Å²) in [6, 6.07) is 7.94. The fourth-order valence-electron chi connectivity index (χ4n) is 2.73. The first-order valence-electron chi connectivity index (χ1n) is 7.68. The predicted octanol–water partition coefficient (Wildman–Crippen LogP) is 2.96. The summed E-state index contributed by atoms with van der Waals surface area (Å²) in [5.74, 6) is 1.43. The average molecular weight is 369 g/mol. The van der Waals surface area contributed by atoms with Gasteiger partial charge in [0.25, 0.3) is 0 Å². The van der Waals surface area contributed by atoms with Crippen LogP contribution in [-0.2, 0) is 4.79 Å². The number of carbonyl (C=O) groups excluding carboxylic acids is 1. The van der Waals surface area contributed by atoms with E-state index >= 15 is 0 Å². The minimum absolute atomic E-state index is 0. The van der Waals surface area contributed by atoms with Crippen LogP contribution in [-0.4, -0.2) is 35.0 Å². The number of amides is 1. The van der Waals surface area contributed by atoms with Crippen LogP contribution in [0.3, 0.4) is 0 Å². The summed E-state index contributed by atoms with van der Waals surface area (Å²) in [7, 11) is 1.62. The summed E-state index contributed by atoms with van der Waals surface area (Å²) in [5, 5.41) is 6.79. The van der Waals surface area contributed by atoms with Gasteiger partial charge in [-0.1, -0.05) is 12.1 Å². The lowest BCUT2D eigenvalue weighted by molar-refractivity contribution is -0.120. The number of aromatic nitrogens is 2. The van der Waals surface area contributed by atoms with Gasteiger partial charge < -0.3 is 15.4 Å².